The maximum atomic E-state index is 12.1. The lowest BCUT2D eigenvalue weighted by Gasteiger charge is -2.20. The van der Waals surface area contributed by atoms with Crippen molar-refractivity contribution >= 4 is 17.6 Å². The van der Waals surface area contributed by atoms with Gasteiger partial charge >= 0.3 is 5.97 Å². The van der Waals surface area contributed by atoms with Crippen LogP contribution in [0.15, 0.2) is 24.3 Å². The molecule has 0 unspecified atom stereocenters. The van der Waals surface area contributed by atoms with Gasteiger partial charge in [0.25, 0.3) is 0 Å². The number of methoxy groups -OCH3 is 1. The van der Waals surface area contributed by atoms with Crippen LogP contribution in [0.4, 0.5) is 5.69 Å². The summed E-state index contributed by atoms with van der Waals surface area (Å²) in [5.74, 6) is 0.368. The predicted molar refractivity (Wildman–Crippen MR) is 79.2 cm³/mol. The van der Waals surface area contributed by atoms with Crippen molar-refractivity contribution in [1.82, 2.24) is 0 Å². The van der Waals surface area contributed by atoms with E-state index in [1.165, 1.54) is 13.5 Å². The van der Waals surface area contributed by atoms with E-state index in [1.54, 1.807) is 24.3 Å². The molecule has 1 fully saturated rings. The Morgan fingerprint density at radius 2 is 1.81 bits per heavy atom. The first-order chi connectivity index (χ1) is 10.2. The summed E-state index contributed by atoms with van der Waals surface area (Å²) in [7, 11) is 1.32. The minimum Gasteiger partial charge on any atom is -0.482 e. The van der Waals surface area contributed by atoms with Gasteiger partial charge in [-0.2, -0.15) is 0 Å². The Hall–Kier alpha value is -2.04. The molecular weight excluding hydrogens is 270 g/mol. The van der Waals surface area contributed by atoms with Crippen LogP contribution in [-0.4, -0.2) is 25.6 Å². The summed E-state index contributed by atoms with van der Waals surface area (Å²) in [5.41, 5.74) is 0.746. The Bertz CT molecular complexity index is 478. The van der Waals surface area contributed by atoms with E-state index in [4.69, 9.17) is 4.74 Å². The van der Waals surface area contributed by atoms with Gasteiger partial charge in [-0.15, -0.1) is 0 Å². The van der Waals surface area contributed by atoms with E-state index in [1.807, 2.05) is 0 Å². The monoisotopic (exact) mass is 291 g/mol. The van der Waals surface area contributed by atoms with Crippen LogP contribution in [-0.2, 0) is 14.3 Å². The average molecular weight is 291 g/mol. The molecule has 0 bridgehead atoms. The van der Waals surface area contributed by atoms with Crippen LogP contribution >= 0.6 is 0 Å². The van der Waals surface area contributed by atoms with Crippen LogP contribution in [0.3, 0.4) is 0 Å². The topological polar surface area (TPSA) is 64.6 Å². The first-order valence-corrected chi connectivity index (χ1v) is 7.29. The standard InChI is InChI=1S/C16H21NO4/c1-20-15(18)11-21-14-9-7-13(8-10-14)17-16(19)12-5-3-2-4-6-12/h7-10,12H,2-6,11H2,1H3,(H,17,19). The van der Waals surface area contributed by atoms with Crippen LogP contribution in [0.2, 0.25) is 0 Å². The molecule has 114 valence electrons. The van der Waals surface area contributed by atoms with Crippen molar-refractivity contribution in [2.75, 3.05) is 19.0 Å². The number of carbonyl (C=O) groups excluding carboxylic acids is 2. The first-order valence-electron chi connectivity index (χ1n) is 7.29. The highest BCUT2D eigenvalue weighted by Gasteiger charge is 2.20. The Kier molecular flexibility index (Phi) is 5.60. The summed E-state index contributed by atoms with van der Waals surface area (Å²) < 4.78 is 9.74. The lowest BCUT2D eigenvalue weighted by molar-refractivity contribution is -0.142. The van der Waals surface area contributed by atoms with Gasteiger partial charge in [0.2, 0.25) is 5.91 Å². The van der Waals surface area contributed by atoms with E-state index < -0.39 is 5.97 Å². The molecule has 0 radical (unpaired) electrons. The van der Waals surface area contributed by atoms with Gasteiger partial charge in [-0.3, -0.25) is 4.79 Å². The Morgan fingerprint density at radius 1 is 1.14 bits per heavy atom. The number of amides is 1. The van der Waals surface area contributed by atoms with Crippen LogP contribution < -0.4 is 10.1 Å². The second-order valence-electron chi connectivity index (χ2n) is 5.21. The fourth-order valence-electron chi connectivity index (χ4n) is 2.44. The van der Waals surface area contributed by atoms with Crippen LogP contribution in [0.5, 0.6) is 5.75 Å². The van der Waals surface area contributed by atoms with Crippen LogP contribution in [0.1, 0.15) is 32.1 Å². The molecule has 21 heavy (non-hydrogen) atoms. The van der Waals surface area contributed by atoms with Crippen LogP contribution in [0, 0.1) is 5.92 Å². The lowest BCUT2D eigenvalue weighted by Crippen LogP contribution is -2.24. The van der Waals surface area contributed by atoms with Gasteiger partial charge in [-0.1, -0.05) is 19.3 Å². The number of rotatable bonds is 5. The van der Waals surface area contributed by atoms with E-state index in [-0.39, 0.29) is 18.4 Å². The highest BCUT2D eigenvalue weighted by molar-refractivity contribution is 5.92. The molecule has 0 atom stereocenters. The maximum absolute atomic E-state index is 12.1. The minimum atomic E-state index is -0.426. The van der Waals surface area contributed by atoms with Gasteiger partial charge in [0.05, 0.1) is 7.11 Å². The number of nitrogens with one attached hydrogen (secondary N) is 1. The largest absolute Gasteiger partial charge is 0.482 e. The van der Waals surface area contributed by atoms with E-state index in [0.29, 0.717) is 5.75 Å². The van der Waals surface area contributed by atoms with E-state index in [2.05, 4.69) is 10.1 Å². The van der Waals surface area contributed by atoms with Gasteiger partial charge in [-0.25, -0.2) is 4.79 Å². The molecule has 0 spiro atoms. The second kappa shape index (κ2) is 7.67. The van der Waals surface area contributed by atoms with Crippen molar-refractivity contribution in [3.8, 4) is 5.75 Å². The number of carbonyl (C=O) groups is 2. The summed E-state index contributed by atoms with van der Waals surface area (Å²) in [6, 6.07) is 6.99. The summed E-state index contributed by atoms with van der Waals surface area (Å²) in [5, 5.41) is 2.93. The molecule has 5 nitrogen and oxygen atoms in total. The van der Waals surface area contributed by atoms with E-state index in [9.17, 15) is 9.59 Å². The van der Waals surface area contributed by atoms with Crippen molar-refractivity contribution in [1.29, 1.82) is 0 Å². The summed E-state index contributed by atoms with van der Waals surface area (Å²) in [6.45, 7) is -0.121. The predicted octanol–water partition coefficient (Wildman–Crippen LogP) is 2.76. The average Bonchev–Trinajstić information content (AvgIpc) is 2.54. The molecule has 0 saturated heterocycles. The van der Waals surface area contributed by atoms with Crippen molar-refractivity contribution in [3.05, 3.63) is 24.3 Å². The normalized spacial score (nSPS) is 15.3. The Labute approximate surface area is 124 Å². The Balaban J connectivity index is 1.84. The molecule has 1 aliphatic carbocycles. The quantitative estimate of drug-likeness (QED) is 0.847. The SMILES string of the molecule is COC(=O)COc1ccc(NC(=O)C2CCCCC2)cc1. The van der Waals surface area contributed by atoms with Gasteiger partial charge in [0.1, 0.15) is 5.75 Å². The van der Waals surface area contributed by atoms with Crippen molar-refractivity contribution in [3.63, 3.8) is 0 Å². The molecular formula is C16H21NO4. The molecule has 1 saturated carbocycles. The zero-order chi connectivity index (χ0) is 15.1. The fourth-order valence-corrected chi connectivity index (χ4v) is 2.44. The summed E-state index contributed by atoms with van der Waals surface area (Å²) in [6.07, 6.45) is 5.46. The van der Waals surface area contributed by atoms with E-state index in [0.717, 1.165) is 31.4 Å². The molecule has 1 amide bonds. The molecule has 1 aliphatic rings. The fraction of sp³-hybridized carbons (Fsp3) is 0.500. The number of anilines is 1. The van der Waals surface area contributed by atoms with Crippen LogP contribution in [0.25, 0.3) is 0 Å². The van der Waals surface area contributed by atoms with Gasteiger partial charge < -0.3 is 14.8 Å². The van der Waals surface area contributed by atoms with Gasteiger partial charge in [-0.05, 0) is 37.1 Å². The number of esters is 1. The molecule has 1 aromatic rings. The molecule has 0 aliphatic heterocycles. The molecule has 0 aromatic heterocycles. The zero-order valence-electron chi connectivity index (χ0n) is 12.3. The highest BCUT2D eigenvalue weighted by Crippen LogP contribution is 2.25. The number of benzene rings is 1. The smallest absolute Gasteiger partial charge is 0.343 e. The summed E-state index contributed by atoms with van der Waals surface area (Å²) >= 11 is 0. The highest BCUT2D eigenvalue weighted by atomic mass is 16.6. The third-order valence-electron chi connectivity index (χ3n) is 3.68. The lowest BCUT2D eigenvalue weighted by atomic mass is 9.88. The first kappa shape index (κ1) is 15.4. The molecule has 1 aromatic carbocycles. The van der Waals surface area contributed by atoms with Crippen molar-refractivity contribution < 1.29 is 19.1 Å². The number of hydrogen-bond donors (Lipinski definition) is 1. The maximum Gasteiger partial charge on any atom is 0.343 e. The summed E-state index contributed by atoms with van der Waals surface area (Å²) in [4.78, 5) is 23.1. The molecule has 5 heteroatoms. The van der Waals surface area contributed by atoms with Crippen molar-refractivity contribution in [2.24, 2.45) is 5.92 Å². The number of ether oxygens (including phenoxy) is 2. The molecule has 1 N–H and O–H groups in total. The Morgan fingerprint density at radius 3 is 2.43 bits per heavy atom. The zero-order valence-corrected chi connectivity index (χ0v) is 12.3. The van der Waals surface area contributed by atoms with Crippen molar-refractivity contribution in [2.45, 2.75) is 32.1 Å². The second-order valence-corrected chi connectivity index (χ2v) is 5.21. The number of hydrogen-bond acceptors (Lipinski definition) is 4. The molecule has 0 heterocycles. The minimum absolute atomic E-state index is 0.0953. The molecule has 2 rings (SSSR count). The van der Waals surface area contributed by atoms with E-state index >= 15 is 0 Å². The third kappa shape index (κ3) is 4.77. The third-order valence-corrected chi connectivity index (χ3v) is 3.68. The van der Waals surface area contributed by atoms with Gasteiger partial charge in [0.15, 0.2) is 6.61 Å². The van der Waals surface area contributed by atoms with Gasteiger partial charge in [0, 0.05) is 11.6 Å².